The predicted molar refractivity (Wildman–Crippen MR) is 72.2 cm³/mol. The highest BCUT2D eigenvalue weighted by molar-refractivity contribution is 5.83. The second-order valence-corrected chi connectivity index (χ2v) is 5.24. The molecule has 3 rings (SSSR count). The Bertz CT molecular complexity index is 627. The maximum Gasteiger partial charge on any atom is 0.120 e. The number of phenols is 1. The molecule has 2 aromatic rings. The highest BCUT2D eigenvalue weighted by Gasteiger charge is 2.37. The lowest BCUT2D eigenvalue weighted by atomic mass is 9.82. The Morgan fingerprint density at radius 2 is 1.83 bits per heavy atom. The molecular formula is C16H16O2. The van der Waals surface area contributed by atoms with Crippen molar-refractivity contribution in [3.05, 3.63) is 47.5 Å². The van der Waals surface area contributed by atoms with Crippen LogP contribution in [0, 0.1) is 0 Å². The largest absolute Gasteiger partial charge is 0.508 e. The highest BCUT2D eigenvalue weighted by atomic mass is 16.5. The Balaban J connectivity index is 2.35. The van der Waals surface area contributed by atoms with E-state index < -0.39 is 0 Å². The number of hydrogen-bond acceptors (Lipinski definition) is 2. The van der Waals surface area contributed by atoms with Gasteiger partial charge in [0.15, 0.2) is 0 Å². The molecule has 92 valence electrons. The first-order chi connectivity index (χ1) is 8.55. The summed E-state index contributed by atoms with van der Waals surface area (Å²) >= 11 is 0. The summed E-state index contributed by atoms with van der Waals surface area (Å²) in [6.45, 7) is 4.27. The molecule has 0 heterocycles. The second-order valence-electron chi connectivity index (χ2n) is 5.24. The van der Waals surface area contributed by atoms with Crippen LogP contribution in [0.25, 0.3) is 11.1 Å². The van der Waals surface area contributed by atoms with Gasteiger partial charge in [-0.1, -0.05) is 32.0 Å². The molecule has 0 aromatic heterocycles. The molecule has 0 saturated heterocycles. The van der Waals surface area contributed by atoms with Crippen LogP contribution in [0.5, 0.6) is 11.5 Å². The number of phenolic OH excluding ortho intramolecular Hbond substituents is 1. The van der Waals surface area contributed by atoms with Gasteiger partial charge in [-0.25, -0.2) is 0 Å². The third-order valence-corrected chi connectivity index (χ3v) is 3.86. The van der Waals surface area contributed by atoms with Crippen LogP contribution in [-0.2, 0) is 5.41 Å². The lowest BCUT2D eigenvalue weighted by Crippen LogP contribution is -2.15. The van der Waals surface area contributed by atoms with Crippen molar-refractivity contribution in [1.82, 2.24) is 0 Å². The van der Waals surface area contributed by atoms with Crippen molar-refractivity contribution in [2.75, 3.05) is 7.11 Å². The van der Waals surface area contributed by atoms with E-state index in [0.29, 0.717) is 5.75 Å². The first-order valence-corrected chi connectivity index (χ1v) is 6.07. The maximum absolute atomic E-state index is 10.1. The molecule has 0 saturated carbocycles. The van der Waals surface area contributed by atoms with Crippen molar-refractivity contribution in [3.8, 4) is 22.6 Å². The molecule has 0 radical (unpaired) electrons. The van der Waals surface area contributed by atoms with Gasteiger partial charge in [-0.05, 0) is 34.9 Å². The smallest absolute Gasteiger partial charge is 0.120 e. The number of benzene rings is 2. The van der Waals surface area contributed by atoms with E-state index in [9.17, 15) is 5.11 Å². The zero-order valence-electron chi connectivity index (χ0n) is 10.8. The number of hydrogen-bond donors (Lipinski definition) is 1. The van der Waals surface area contributed by atoms with E-state index in [1.807, 2.05) is 12.1 Å². The van der Waals surface area contributed by atoms with Crippen LogP contribution >= 0.6 is 0 Å². The molecule has 18 heavy (non-hydrogen) atoms. The van der Waals surface area contributed by atoms with Gasteiger partial charge in [-0.15, -0.1) is 0 Å². The summed E-state index contributed by atoms with van der Waals surface area (Å²) in [5.74, 6) is 1.22. The Kier molecular flexibility index (Phi) is 2.18. The van der Waals surface area contributed by atoms with Crippen LogP contribution in [0.3, 0.4) is 0 Å². The third-order valence-electron chi connectivity index (χ3n) is 3.86. The number of ether oxygens (including phenoxy) is 1. The second kappa shape index (κ2) is 3.52. The topological polar surface area (TPSA) is 29.5 Å². The molecule has 1 N–H and O–H groups in total. The predicted octanol–water partition coefficient (Wildman–Crippen LogP) is 3.71. The molecule has 0 unspecified atom stereocenters. The molecule has 0 amide bonds. The van der Waals surface area contributed by atoms with Crippen LogP contribution in [0.1, 0.15) is 25.0 Å². The summed E-state index contributed by atoms with van der Waals surface area (Å²) in [6.07, 6.45) is 0. The van der Waals surface area contributed by atoms with E-state index in [1.165, 1.54) is 11.1 Å². The Labute approximate surface area is 107 Å². The molecular weight excluding hydrogens is 224 g/mol. The van der Waals surface area contributed by atoms with Crippen LogP contribution in [0.15, 0.2) is 36.4 Å². The van der Waals surface area contributed by atoms with E-state index in [0.717, 1.165) is 16.9 Å². The van der Waals surface area contributed by atoms with E-state index in [1.54, 1.807) is 13.2 Å². The van der Waals surface area contributed by atoms with Gasteiger partial charge in [-0.2, -0.15) is 0 Å². The van der Waals surface area contributed by atoms with Crippen LogP contribution in [0.4, 0.5) is 0 Å². The standard InChI is InChI=1S/C16H16O2/c1-16(2)13-9-10(18-3)7-8-11(13)12-5-4-6-14(17)15(12)16/h4-9,17H,1-3H3. The molecule has 2 nitrogen and oxygen atoms in total. The molecule has 0 fully saturated rings. The van der Waals surface area contributed by atoms with E-state index in [-0.39, 0.29) is 5.41 Å². The van der Waals surface area contributed by atoms with Crippen molar-refractivity contribution < 1.29 is 9.84 Å². The summed E-state index contributed by atoms with van der Waals surface area (Å²) in [5.41, 5.74) is 4.33. The fourth-order valence-corrected chi connectivity index (χ4v) is 2.96. The Morgan fingerprint density at radius 3 is 2.56 bits per heavy atom. The number of aromatic hydroxyl groups is 1. The lowest BCUT2D eigenvalue weighted by molar-refractivity contribution is 0.413. The molecule has 2 heteroatoms. The quantitative estimate of drug-likeness (QED) is 0.823. The summed E-state index contributed by atoms with van der Waals surface area (Å²) < 4.78 is 5.30. The van der Waals surface area contributed by atoms with E-state index in [2.05, 4.69) is 32.0 Å². The summed E-state index contributed by atoms with van der Waals surface area (Å²) in [5, 5.41) is 10.1. The van der Waals surface area contributed by atoms with Crippen molar-refractivity contribution in [1.29, 1.82) is 0 Å². The van der Waals surface area contributed by atoms with Gasteiger partial charge in [-0.3, -0.25) is 0 Å². The number of fused-ring (bicyclic) bond motifs is 3. The van der Waals surface area contributed by atoms with Crippen molar-refractivity contribution in [2.45, 2.75) is 19.3 Å². The van der Waals surface area contributed by atoms with E-state index in [4.69, 9.17) is 4.74 Å². The minimum Gasteiger partial charge on any atom is -0.508 e. The molecule has 0 spiro atoms. The van der Waals surface area contributed by atoms with E-state index >= 15 is 0 Å². The van der Waals surface area contributed by atoms with Gasteiger partial charge in [0.2, 0.25) is 0 Å². The van der Waals surface area contributed by atoms with Crippen molar-refractivity contribution in [3.63, 3.8) is 0 Å². The van der Waals surface area contributed by atoms with Crippen LogP contribution in [0.2, 0.25) is 0 Å². The first-order valence-electron chi connectivity index (χ1n) is 6.07. The van der Waals surface area contributed by atoms with Gasteiger partial charge in [0.05, 0.1) is 7.11 Å². The number of methoxy groups -OCH3 is 1. The fourth-order valence-electron chi connectivity index (χ4n) is 2.96. The maximum atomic E-state index is 10.1. The van der Waals surface area contributed by atoms with Gasteiger partial charge < -0.3 is 9.84 Å². The molecule has 0 bridgehead atoms. The monoisotopic (exact) mass is 240 g/mol. The fraction of sp³-hybridized carbons (Fsp3) is 0.250. The molecule has 2 aromatic carbocycles. The summed E-state index contributed by atoms with van der Waals surface area (Å²) in [7, 11) is 1.67. The zero-order chi connectivity index (χ0) is 12.9. The Hall–Kier alpha value is -1.96. The number of rotatable bonds is 1. The van der Waals surface area contributed by atoms with Crippen LogP contribution < -0.4 is 4.74 Å². The molecule has 0 atom stereocenters. The van der Waals surface area contributed by atoms with Crippen molar-refractivity contribution in [2.24, 2.45) is 0 Å². The third kappa shape index (κ3) is 1.29. The highest BCUT2D eigenvalue weighted by Crippen LogP contribution is 2.52. The minimum absolute atomic E-state index is 0.190. The zero-order valence-corrected chi connectivity index (χ0v) is 10.8. The van der Waals surface area contributed by atoms with Gasteiger partial charge in [0, 0.05) is 11.0 Å². The average molecular weight is 240 g/mol. The van der Waals surface area contributed by atoms with Gasteiger partial charge in [0.25, 0.3) is 0 Å². The summed E-state index contributed by atoms with van der Waals surface area (Å²) in [6, 6.07) is 11.8. The van der Waals surface area contributed by atoms with Gasteiger partial charge >= 0.3 is 0 Å². The minimum atomic E-state index is -0.190. The molecule has 0 aliphatic heterocycles. The molecule has 1 aliphatic carbocycles. The van der Waals surface area contributed by atoms with Crippen molar-refractivity contribution >= 4 is 0 Å². The summed E-state index contributed by atoms with van der Waals surface area (Å²) in [4.78, 5) is 0. The normalized spacial score (nSPS) is 15.1. The lowest BCUT2D eigenvalue weighted by Gasteiger charge is -2.22. The average Bonchev–Trinajstić information content (AvgIpc) is 2.59. The first kappa shape index (κ1) is 11.1. The van der Waals surface area contributed by atoms with Crippen LogP contribution in [-0.4, -0.2) is 12.2 Å². The van der Waals surface area contributed by atoms with Gasteiger partial charge in [0.1, 0.15) is 11.5 Å². The molecule has 1 aliphatic rings. The Morgan fingerprint density at radius 1 is 1.06 bits per heavy atom. The SMILES string of the molecule is COc1ccc2c(c1)C(C)(C)c1c(O)cccc1-2.